The van der Waals surface area contributed by atoms with Crippen LogP contribution in [-0.4, -0.2) is 25.1 Å². The van der Waals surface area contributed by atoms with Gasteiger partial charge in [0.2, 0.25) is 0 Å². The van der Waals surface area contributed by atoms with Gasteiger partial charge in [-0.15, -0.1) is 11.3 Å². The largest absolute Gasteiger partial charge is 0.354 e. The van der Waals surface area contributed by atoms with Crippen LogP contribution in [0.2, 0.25) is 0 Å². The molecule has 0 amide bonds. The number of anilines is 1. The molecule has 0 aliphatic carbocycles. The third kappa shape index (κ3) is 4.18. The minimum atomic E-state index is 0.583. The Bertz CT molecular complexity index is 283. The summed E-state index contributed by atoms with van der Waals surface area (Å²) in [5.74, 6) is 0. The summed E-state index contributed by atoms with van der Waals surface area (Å²) < 4.78 is 0. The molecule has 1 heterocycles. The quantitative estimate of drug-likeness (QED) is 0.809. The number of hydrogen-bond donors (Lipinski definition) is 1. The Hall–Kier alpha value is -0.610. The second kappa shape index (κ2) is 6.08. The van der Waals surface area contributed by atoms with Crippen molar-refractivity contribution in [3.8, 4) is 0 Å². The van der Waals surface area contributed by atoms with Gasteiger partial charge >= 0.3 is 0 Å². The molecule has 1 rings (SSSR count). The SMILES string of the molecule is CCCC(C)NCc1csc(N(C)C)n1. The molecule has 0 spiro atoms. The first-order chi connectivity index (χ1) is 7.13. The molecule has 1 aromatic heterocycles. The van der Waals surface area contributed by atoms with Crippen LogP contribution >= 0.6 is 11.3 Å². The van der Waals surface area contributed by atoms with Gasteiger partial charge in [0.1, 0.15) is 0 Å². The summed E-state index contributed by atoms with van der Waals surface area (Å²) in [4.78, 5) is 6.57. The summed E-state index contributed by atoms with van der Waals surface area (Å²) in [5, 5.41) is 6.68. The number of hydrogen-bond acceptors (Lipinski definition) is 4. The van der Waals surface area contributed by atoms with E-state index in [4.69, 9.17) is 0 Å². The van der Waals surface area contributed by atoms with Gasteiger partial charge in [-0.25, -0.2) is 4.98 Å². The van der Waals surface area contributed by atoms with Crippen LogP contribution in [0.15, 0.2) is 5.38 Å². The summed E-state index contributed by atoms with van der Waals surface area (Å²) in [6, 6.07) is 0.583. The molecule has 0 bridgehead atoms. The molecule has 1 N–H and O–H groups in total. The van der Waals surface area contributed by atoms with Crippen molar-refractivity contribution in [1.29, 1.82) is 0 Å². The number of rotatable bonds is 6. The minimum absolute atomic E-state index is 0.583. The Morgan fingerprint density at radius 2 is 2.27 bits per heavy atom. The first-order valence-corrected chi connectivity index (χ1v) is 6.36. The first-order valence-electron chi connectivity index (χ1n) is 5.48. The van der Waals surface area contributed by atoms with Crippen LogP contribution in [0.4, 0.5) is 5.13 Å². The molecular weight excluding hydrogens is 206 g/mol. The van der Waals surface area contributed by atoms with E-state index in [0.29, 0.717) is 6.04 Å². The number of thiazole rings is 1. The first kappa shape index (κ1) is 12.5. The Morgan fingerprint density at radius 1 is 1.53 bits per heavy atom. The standard InChI is InChI=1S/C11H21N3S/c1-5-6-9(2)12-7-10-8-15-11(13-10)14(3)4/h8-9,12H,5-7H2,1-4H3. The monoisotopic (exact) mass is 227 g/mol. The van der Waals surface area contributed by atoms with E-state index in [9.17, 15) is 0 Å². The summed E-state index contributed by atoms with van der Waals surface area (Å²) >= 11 is 1.70. The molecule has 4 heteroatoms. The average molecular weight is 227 g/mol. The third-order valence-corrected chi connectivity index (χ3v) is 3.33. The van der Waals surface area contributed by atoms with Crippen LogP contribution in [-0.2, 0) is 6.54 Å². The average Bonchev–Trinajstić information content (AvgIpc) is 2.63. The van der Waals surface area contributed by atoms with E-state index < -0.39 is 0 Å². The Morgan fingerprint density at radius 3 is 2.80 bits per heavy atom. The van der Waals surface area contributed by atoms with E-state index in [2.05, 4.69) is 29.5 Å². The van der Waals surface area contributed by atoms with Crippen LogP contribution in [0.1, 0.15) is 32.4 Å². The molecule has 1 aromatic rings. The van der Waals surface area contributed by atoms with Crippen molar-refractivity contribution in [3.05, 3.63) is 11.1 Å². The van der Waals surface area contributed by atoms with Crippen molar-refractivity contribution in [2.45, 2.75) is 39.3 Å². The summed E-state index contributed by atoms with van der Waals surface area (Å²) in [6.45, 7) is 5.32. The number of aromatic nitrogens is 1. The van der Waals surface area contributed by atoms with Gasteiger partial charge in [0.15, 0.2) is 5.13 Å². The molecular formula is C11H21N3S. The predicted octanol–water partition coefficient (Wildman–Crippen LogP) is 2.49. The zero-order valence-electron chi connectivity index (χ0n) is 10.1. The van der Waals surface area contributed by atoms with E-state index in [-0.39, 0.29) is 0 Å². The maximum Gasteiger partial charge on any atom is 0.185 e. The van der Waals surface area contributed by atoms with Gasteiger partial charge in [-0.05, 0) is 13.3 Å². The van der Waals surface area contributed by atoms with E-state index in [0.717, 1.165) is 17.4 Å². The van der Waals surface area contributed by atoms with Gasteiger partial charge in [0.25, 0.3) is 0 Å². The fraction of sp³-hybridized carbons (Fsp3) is 0.727. The molecule has 0 radical (unpaired) electrons. The van der Waals surface area contributed by atoms with E-state index in [1.165, 1.54) is 12.8 Å². The van der Waals surface area contributed by atoms with Crippen LogP contribution in [0, 0.1) is 0 Å². The van der Waals surface area contributed by atoms with Crippen molar-refractivity contribution in [1.82, 2.24) is 10.3 Å². The van der Waals surface area contributed by atoms with Crippen molar-refractivity contribution < 1.29 is 0 Å². The predicted molar refractivity (Wildman–Crippen MR) is 67.7 cm³/mol. The second-order valence-corrected chi connectivity index (χ2v) is 4.92. The molecule has 0 aromatic carbocycles. The van der Waals surface area contributed by atoms with Gasteiger partial charge in [-0.1, -0.05) is 13.3 Å². The summed E-state index contributed by atoms with van der Waals surface area (Å²) in [5.41, 5.74) is 1.15. The Kier molecular flexibility index (Phi) is 5.05. The number of nitrogens with one attached hydrogen (secondary N) is 1. The lowest BCUT2D eigenvalue weighted by Gasteiger charge is -2.11. The van der Waals surface area contributed by atoms with Gasteiger partial charge in [0.05, 0.1) is 5.69 Å². The lowest BCUT2D eigenvalue weighted by molar-refractivity contribution is 0.505. The molecule has 1 unspecified atom stereocenters. The maximum atomic E-state index is 4.52. The normalized spacial score (nSPS) is 12.8. The summed E-state index contributed by atoms with van der Waals surface area (Å²) in [7, 11) is 4.05. The fourth-order valence-corrected chi connectivity index (χ4v) is 2.16. The minimum Gasteiger partial charge on any atom is -0.354 e. The lowest BCUT2D eigenvalue weighted by atomic mass is 10.2. The Balaban J connectivity index is 2.37. The smallest absolute Gasteiger partial charge is 0.185 e. The highest BCUT2D eigenvalue weighted by molar-refractivity contribution is 7.13. The Labute approximate surface area is 96.5 Å². The molecule has 15 heavy (non-hydrogen) atoms. The van der Waals surface area contributed by atoms with Crippen molar-refractivity contribution >= 4 is 16.5 Å². The summed E-state index contributed by atoms with van der Waals surface area (Å²) in [6.07, 6.45) is 2.46. The van der Waals surface area contributed by atoms with Gasteiger partial charge in [0, 0.05) is 32.1 Å². The highest BCUT2D eigenvalue weighted by Gasteiger charge is 2.05. The highest BCUT2D eigenvalue weighted by Crippen LogP contribution is 2.17. The van der Waals surface area contributed by atoms with Crippen LogP contribution in [0.5, 0.6) is 0 Å². The zero-order valence-corrected chi connectivity index (χ0v) is 10.9. The van der Waals surface area contributed by atoms with E-state index in [1.54, 1.807) is 11.3 Å². The zero-order chi connectivity index (χ0) is 11.3. The van der Waals surface area contributed by atoms with E-state index >= 15 is 0 Å². The van der Waals surface area contributed by atoms with Gasteiger partial charge in [-0.2, -0.15) is 0 Å². The molecule has 86 valence electrons. The molecule has 0 aliphatic heterocycles. The van der Waals surface area contributed by atoms with Gasteiger partial charge in [-0.3, -0.25) is 0 Å². The third-order valence-electron chi connectivity index (χ3n) is 2.28. The fourth-order valence-electron chi connectivity index (χ4n) is 1.40. The highest BCUT2D eigenvalue weighted by atomic mass is 32.1. The van der Waals surface area contributed by atoms with Crippen LogP contribution in [0.25, 0.3) is 0 Å². The maximum absolute atomic E-state index is 4.52. The van der Waals surface area contributed by atoms with Crippen molar-refractivity contribution in [2.75, 3.05) is 19.0 Å². The molecule has 1 atom stereocenters. The lowest BCUT2D eigenvalue weighted by Crippen LogP contribution is -2.25. The van der Waals surface area contributed by atoms with E-state index in [1.807, 2.05) is 19.0 Å². The molecule has 0 fully saturated rings. The molecule has 0 saturated carbocycles. The molecule has 0 aliphatic rings. The topological polar surface area (TPSA) is 28.2 Å². The van der Waals surface area contributed by atoms with Crippen molar-refractivity contribution in [2.24, 2.45) is 0 Å². The number of nitrogens with zero attached hydrogens (tertiary/aromatic N) is 2. The van der Waals surface area contributed by atoms with Crippen molar-refractivity contribution in [3.63, 3.8) is 0 Å². The molecule has 3 nitrogen and oxygen atoms in total. The second-order valence-electron chi connectivity index (χ2n) is 4.09. The van der Waals surface area contributed by atoms with Crippen LogP contribution < -0.4 is 10.2 Å². The van der Waals surface area contributed by atoms with Gasteiger partial charge < -0.3 is 10.2 Å². The van der Waals surface area contributed by atoms with Crippen LogP contribution in [0.3, 0.4) is 0 Å². The molecule has 0 saturated heterocycles.